The van der Waals surface area contributed by atoms with Crippen LogP contribution in [0.2, 0.25) is 0 Å². The Morgan fingerprint density at radius 1 is 1.02 bits per heavy atom. The summed E-state index contributed by atoms with van der Waals surface area (Å²) in [6.07, 6.45) is 1.69. The molecule has 1 spiro atoms. The Balaban J connectivity index is 1.28. The summed E-state index contributed by atoms with van der Waals surface area (Å²) in [5.74, 6) is -1.93. The molecule has 0 unspecified atom stereocenters. The van der Waals surface area contributed by atoms with Crippen molar-refractivity contribution in [2.75, 3.05) is 23.0 Å². The monoisotopic (exact) mass is 653 g/mol. The van der Waals surface area contributed by atoms with E-state index < -0.39 is 35.3 Å². The van der Waals surface area contributed by atoms with Crippen molar-refractivity contribution in [3.05, 3.63) is 95.1 Å². The number of amides is 3. The molecule has 0 radical (unpaired) electrons. The van der Waals surface area contributed by atoms with Gasteiger partial charge in [-0.25, -0.2) is 4.39 Å². The molecule has 4 heterocycles. The van der Waals surface area contributed by atoms with E-state index in [1.807, 2.05) is 79.7 Å². The van der Waals surface area contributed by atoms with Gasteiger partial charge in [-0.15, -0.1) is 0 Å². The molecule has 3 aromatic rings. The van der Waals surface area contributed by atoms with Crippen molar-refractivity contribution in [3.63, 3.8) is 0 Å². The number of nitrogens with zero attached hydrogens (tertiary/aromatic N) is 3. The van der Waals surface area contributed by atoms with Crippen LogP contribution < -0.4 is 9.80 Å². The van der Waals surface area contributed by atoms with Crippen LogP contribution in [-0.4, -0.2) is 58.7 Å². The van der Waals surface area contributed by atoms with Crippen LogP contribution in [0.5, 0.6) is 0 Å². The number of hydrogen-bond acceptors (Lipinski definition) is 5. The number of aliphatic hydroxyl groups excluding tert-OH is 1. The van der Waals surface area contributed by atoms with Crippen molar-refractivity contribution in [1.29, 1.82) is 0 Å². The number of rotatable bonds is 7. The first-order valence-electron chi connectivity index (χ1n) is 17.2. The van der Waals surface area contributed by atoms with Gasteiger partial charge in [0.25, 0.3) is 5.91 Å². The van der Waals surface area contributed by atoms with Gasteiger partial charge in [0.05, 0.1) is 37.4 Å². The number of carbonyl (C=O) groups is 3. The molecule has 5 atom stereocenters. The van der Waals surface area contributed by atoms with Gasteiger partial charge in [-0.2, -0.15) is 0 Å². The third kappa shape index (κ3) is 5.41. The van der Waals surface area contributed by atoms with Crippen LogP contribution in [0.15, 0.2) is 72.8 Å². The summed E-state index contributed by atoms with van der Waals surface area (Å²) in [5, 5.41) is 10.3. The number of benzene rings is 3. The van der Waals surface area contributed by atoms with Gasteiger partial charge in [0.2, 0.25) is 11.8 Å². The molecule has 2 fully saturated rings. The Hall–Kier alpha value is -4.08. The molecule has 7 rings (SSSR count). The van der Waals surface area contributed by atoms with Gasteiger partial charge in [0.15, 0.2) is 5.60 Å². The van der Waals surface area contributed by atoms with Crippen molar-refractivity contribution >= 4 is 29.1 Å². The standard InChI is InChI=1S/C39H44FN3O5/c1-25-36(38(2,3)40)33(21-35(46)42-23-28-14-8-7-13-27(28)19-30(42)24-44)48-39(25)31-20-29(41-18-10-9-15-34(41)45)16-17-32(31)43(37(39)47)22-26-11-5-4-6-12-26/h4-8,11-14,16-17,20,25,30,33,36,44H,9-10,15,18-19,21-24H2,1-3H3/t25-,30+,33+,36-,39+/m1/s1. The van der Waals surface area contributed by atoms with E-state index in [0.29, 0.717) is 49.4 Å². The fraction of sp³-hybridized carbons (Fsp3) is 0.462. The molecule has 2 saturated heterocycles. The molecular weight excluding hydrogens is 609 g/mol. The second-order valence-corrected chi connectivity index (χ2v) is 14.4. The summed E-state index contributed by atoms with van der Waals surface area (Å²) in [7, 11) is 0. The number of fused-ring (bicyclic) bond motifs is 3. The lowest BCUT2D eigenvalue weighted by Gasteiger charge is -2.37. The normalized spacial score (nSPS) is 27.1. The molecule has 0 saturated carbocycles. The van der Waals surface area contributed by atoms with E-state index in [2.05, 4.69) is 0 Å². The summed E-state index contributed by atoms with van der Waals surface area (Å²) in [4.78, 5) is 47.1. The molecule has 0 bridgehead atoms. The minimum atomic E-state index is -1.79. The van der Waals surface area contributed by atoms with Gasteiger partial charge in [-0.1, -0.05) is 61.5 Å². The lowest BCUT2D eigenvalue weighted by atomic mass is 9.71. The van der Waals surface area contributed by atoms with E-state index in [4.69, 9.17) is 4.74 Å². The van der Waals surface area contributed by atoms with Gasteiger partial charge in [-0.3, -0.25) is 14.4 Å². The average Bonchev–Trinajstić information content (AvgIpc) is 3.50. The van der Waals surface area contributed by atoms with Crippen LogP contribution in [0.1, 0.15) is 68.7 Å². The summed E-state index contributed by atoms with van der Waals surface area (Å²) >= 11 is 0. The molecule has 1 N–H and O–H groups in total. The molecule has 4 aliphatic heterocycles. The van der Waals surface area contributed by atoms with Gasteiger partial charge in [0, 0.05) is 42.6 Å². The second-order valence-electron chi connectivity index (χ2n) is 14.4. The molecular formula is C39H44FN3O5. The number of anilines is 2. The highest BCUT2D eigenvalue weighted by Gasteiger charge is 2.66. The molecule has 8 nitrogen and oxygen atoms in total. The number of carbonyl (C=O) groups excluding carboxylic acids is 3. The fourth-order valence-corrected chi connectivity index (χ4v) is 8.74. The van der Waals surface area contributed by atoms with E-state index in [1.165, 1.54) is 13.8 Å². The number of aliphatic hydroxyl groups is 1. The lowest BCUT2D eigenvalue weighted by Crippen LogP contribution is -2.48. The zero-order chi connectivity index (χ0) is 33.8. The number of halogens is 1. The first-order chi connectivity index (χ1) is 23.0. The maximum Gasteiger partial charge on any atom is 0.264 e. The number of alkyl halides is 1. The van der Waals surface area contributed by atoms with Gasteiger partial charge in [-0.05, 0) is 68.0 Å². The predicted octanol–water partition coefficient (Wildman–Crippen LogP) is 5.68. The minimum Gasteiger partial charge on any atom is -0.394 e. The van der Waals surface area contributed by atoms with Crippen LogP contribution in [-0.2, 0) is 44.2 Å². The highest BCUT2D eigenvalue weighted by atomic mass is 19.1. The molecule has 0 aliphatic carbocycles. The van der Waals surface area contributed by atoms with Crippen molar-refractivity contribution in [2.45, 2.75) is 89.4 Å². The first-order valence-corrected chi connectivity index (χ1v) is 17.2. The van der Waals surface area contributed by atoms with E-state index in [-0.39, 0.29) is 30.7 Å². The maximum absolute atomic E-state index is 16.4. The molecule has 9 heteroatoms. The Labute approximate surface area is 281 Å². The smallest absolute Gasteiger partial charge is 0.264 e. The Bertz CT molecular complexity index is 1720. The zero-order valence-corrected chi connectivity index (χ0v) is 27.9. The number of hydrogen-bond donors (Lipinski definition) is 1. The zero-order valence-electron chi connectivity index (χ0n) is 27.9. The summed E-state index contributed by atoms with van der Waals surface area (Å²) in [6.45, 7) is 5.88. The van der Waals surface area contributed by atoms with Crippen molar-refractivity contribution in [1.82, 2.24) is 4.90 Å². The van der Waals surface area contributed by atoms with Gasteiger partial charge < -0.3 is 24.5 Å². The Kier molecular flexibility index (Phi) is 8.40. The van der Waals surface area contributed by atoms with E-state index >= 15 is 4.39 Å². The topological polar surface area (TPSA) is 90.4 Å². The Morgan fingerprint density at radius 2 is 1.75 bits per heavy atom. The van der Waals surface area contributed by atoms with E-state index in [1.54, 1.807) is 14.7 Å². The molecule has 0 aromatic heterocycles. The highest BCUT2D eigenvalue weighted by Crippen LogP contribution is 2.59. The third-order valence-corrected chi connectivity index (χ3v) is 11.0. The first kappa shape index (κ1) is 32.5. The van der Waals surface area contributed by atoms with Gasteiger partial charge in [0.1, 0.15) is 5.67 Å². The fourth-order valence-electron chi connectivity index (χ4n) is 8.74. The average molecular weight is 654 g/mol. The SMILES string of the molecule is C[C@@H]1[C@@H](C(C)(C)F)[C@H](CC(=O)N2Cc3ccccc3C[C@H]2CO)O[C@@]12C(=O)N(Cc1ccccc1)c1ccc(N3CCCCC3=O)cc12. The summed E-state index contributed by atoms with van der Waals surface area (Å²) in [6, 6.07) is 22.8. The third-order valence-electron chi connectivity index (χ3n) is 11.0. The largest absolute Gasteiger partial charge is 0.394 e. The summed E-state index contributed by atoms with van der Waals surface area (Å²) < 4.78 is 23.3. The highest BCUT2D eigenvalue weighted by molar-refractivity contribution is 6.08. The number of piperidine rings is 1. The lowest BCUT2D eigenvalue weighted by molar-refractivity contribution is -0.151. The predicted molar refractivity (Wildman–Crippen MR) is 181 cm³/mol. The molecule has 3 aromatic carbocycles. The second kappa shape index (κ2) is 12.4. The van der Waals surface area contributed by atoms with Crippen molar-refractivity contribution in [2.24, 2.45) is 11.8 Å². The van der Waals surface area contributed by atoms with E-state index in [9.17, 15) is 19.5 Å². The molecule has 4 aliphatic rings. The number of ether oxygens (including phenoxy) is 1. The quantitative estimate of drug-likeness (QED) is 0.355. The van der Waals surface area contributed by atoms with Crippen LogP contribution in [0.25, 0.3) is 0 Å². The molecule has 252 valence electrons. The van der Waals surface area contributed by atoms with Crippen LogP contribution in [0.4, 0.5) is 15.8 Å². The van der Waals surface area contributed by atoms with Crippen LogP contribution in [0.3, 0.4) is 0 Å². The van der Waals surface area contributed by atoms with Crippen LogP contribution in [0, 0.1) is 11.8 Å². The minimum absolute atomic E-state index is 0.0360. The molecule has 48 heavy (non-hydrogen) atoms. The summed E-state index contributed by atoms with van der Waals surface area (Å²) in [5.41, 5.74) is 1.68. The van der Waals surface area contributed by atoms with Crippen molar-refractivity contribution in [3.8, 4) is 0 Å². The Morgan fingerprint density at radius 3 is 2.46 bits per heavy atom. The van der Waals surface area contributed by atoms with Gasteiger partial charge >= 0.3 is 0 Å². The molecule has 3 amide bonds. The van der Waals surface area contributed by atoms with Crippen LogP contribution >= 0.6 is 0 Å². The maximum atomic E-state index is 16.4. The van der Waals surface area contributed by atoms with Crippen molar-refractivity contribution < 1.29 is 28.6 Å². The van der Waals surface area contributed by atoms with E-state index in [0.717, 1.165) is 29.5 Å².